The molecular weight excluding hydrogens is 230 g/mol. The summed E-state index contributed by atoms with van der Waals surface area (Å²) in [5.41, 5.74) is 10.1. The zero-order chi connectivity index (χ0) is 14.0. The smallest absolute Gasteiger partial charge is 0.237 e. The molecule has 0 saturated carbocycles. The average Bonchev–Trinajstić information content (AvgIpc) is 2.13. The molecule has 1 aliphatic heterocycles. The number of amides is 1. The summed E-state index contributed by atoms with van der Waals surface area (Å²) in [7, 11) is 0. The normalized spacial score (nSPS) is 27.7. The van der Waals surface area contributed by atoms with Crippen LogP contribution in [0.4, 0.5) is 0 Å². The fourth-order valence-electron chi connectivity index (χ4n) is 2.55. The number of morpholine rings is 1. The molecule has 1 heterocycles. The number of nitrogens with zero attached hydrogens (tertiary/aromatic N) is 1. The molecule has 0 aromatic heterocycles. The molecule has 2 atom stereocenters. The van der Waals surface area contributed by atoms with Crippen LogP contribution in [0.5, 0.6) is 0 Å². The number of nitrogens with two attached hydrogens (primary N) is 2. The van der Waals surface area contributed by atoms with Gasteiger partial charge in [0.2, 0.25) is 5.91 Å². The summed E-state index contributed by atoms with van der Waals surface area (Å²) in [5.74, 6) is -0.432. The Labute approximate surface area is 110 Å². The number of rotatable bonds is 5. The van der Waals surface area contributed by atoms with Gasteiger partial charge in [0.05, 0.1) is 17.2 Å². The molecule has 0 aromatic carbocycles. The lowest BCUT2D eigenvalue weighted by Crippen LogP contribution is -2.53. The van der Waals surface area contributed by atoms with E-state index in [0.717, 1.165) is 26.1 Å². The van der Waals surface area contributed by atoms with Crippen molar-refractivity contribution in [3.8, 4) is 0 Å². The molecule has 0 aromatic rings. The van der Waals surface area contributed by atoms with Crippen LogP contribution >= 0.6 is 0 Å². The summed E-state index contributed by atoms with van der Waals surface area (Å²) in [5, 5.41) is 0. The molecule has 5 heteroatoms. The van der Waals surface area contributed by atoms with Crippen molar-refractivity contribution in [2.75, 3.05) is 19.6 Å². The lowest BCUT2D eigenvalue weighted by molar-refractivity contribution is -0.129. The molecular formula is C13H27N3O2. The molecule has 0 radical (unpaired) electrons. The largest absolute Gasteiger partial charge is 0.370 e. The summed E-state index contributed by atoms with van der Waals surface area (Å²) in [6, 6.07) is 0. The van der Waals surface area contributed by atoms with Crippen LogP contribution in [0.1, 0.15) is 40.5 Å². The Morgan fingerprint density at radius 2 is 2.17 bits per heavy atom. The monoisotopic (exact) mass is 257 g/mol. The van der Waals surface area contributed by atoms with E-state index in [1.54, 1.807) is 6.92 Å². The van der Waals surface area contributed by atoms with Crippen LogP contribution in [-0.2, 0) is 9.53 Å². The van der Waals surface area contributed by atoms with Crippen molar-refractivity contribution < 1.29 is 9.53 Å². The number of primary amides is 1. The molecule has 0 aliphatic carbocycles. The summed E-state index contributed by atoms with van der Waals surface area (Å²) >= 11 is 0. The van der Waals surface area contributed by atoms with Crippen molar-refractivity contribution in [3.05, 3.63) is 0 Å². The highest BCUT2D eigenvalue weighted by Gasteiger charge is 2.31. The Bertz CT molecular complexity index is 303. The van der Waals surface area contributed by atoms with Gasteiger partial charge in [-0.1, -0.05) is 0 Å². The van der Waals surface area contributed by atoms with Crippen molar-refractivity contribution in [1.82, 2.24) is 4.90 Å². The second-order valence-electron chi connectivity index (χ2n) is 6.31. The van der Waals surface area contributed by atoms with Crippen molar-refractivity contribution >= 4 is 5.91 Å². The molecule has 0 bridgehead atoms. The fraction of sp³-hybridized carbons (Fsp3) is 0.923. The Kier molecular flexibility index (Phi) is 4.75. The van der Waals surface area contributed by atoms with E-state index in [9.17, 15) is 4.79 Å². The van der Waals surface area contributed by atoms with Crippen LogP contribution in [0.15, 0.2) is 0 Å². The van der Waals surface area contributed by atoms with Crippen LogP contribution in [0.25, 0.3) is 0 Å². The van der Waals surface area contributed by atoms with Crippen LogP contribution < -0.4 is 11.5 Å². The molecule has 1 amide bonds. The first-order valence-corrected chi connectivity index (χ1v) is 6.61. The van der Waals surface area contributed by atoms with Gasteiger partial charge in [-0.2, -0.15) is 0 Å². The zero-order valence-electron chi connectivity index (χ0n) is 12.0. The molecule has 0 spiro atoms. The van der Waals surface area contributed by atoms with E-state index in [2.05, 4.69) is 25.7 Å². The molecule has 1 rings (SSSR count). The maximum atomic E-state index is 11.1. The maximum Gasteiger partial charge on any atom is 0.237 e. The highest BCUT2D eigenvalue weighted by atomic mass is 16.5. The van der Waals surface area contributed by atoms with Crippen LogP contribution in [0.3, 0.4) is 0 Å². The predicted molar refractivity (Wildman–Crippen MR) is 72.1 cm³/mol. The molecule has 2 unspecified atom stereocenters. The number of ether oxygens (including phenoxy) is 1. The first-order valence-electron chi connectivity index (χ1n) is 6.61. The third kappa shape index (κ3) is 4.55. The lowest BCUT2D eigenvalue weighted by atomic mass is 9.96. The van der Waals surface area contributed by atoms with Gasteiger partial charge >= 0.3 is 0 Å². The topological polar surface area (TPSA) is 81.6 Å². The van der Waals surface area contributed by atoms with E-state index in [-0.39, 0.29) is 11.7 Å². The minimum absolute atomic E-state index is 0.104. The molecule has 106 valence electrons. The van der Waals surface area contributed by atoms with Crippen LogP contribution in [-0.4, -0.2) is 47.7 Å². The summed E-state index contributed by atoms with van der Waals surface area (Å²) < 4.78 is 5.85. The van der Waals surface area contributed by atoms with E-state index >= 15 is 0 Å². The third-order valence-electron chi connectivity index (χ3n) is 3.37. The minimum Gasteiger partial charge on any atom is -0.370 e. The van der Waals surface area contributed by atoms with E-state index < -0.39 is 11.4 Å². The minimum atomic E-state index is -0.895. The van der Waals surface area contributed by atoms with Crippen molar-refractivity contribution in [3.63, 3.8) is 0 Å². The molecule has 1 saturated heterocycles. The van der Waals surface area contributed by atoms with Gasteiger partial charge < -0.3 is 16.2 Å². The summed E-state index contributed by atoms with van der Waals surface area (Å²) in [6.45, 7) is 10.8. The highest BCUT2D eigenvalue weighted by molar-refractivity contribution is 5.83. The molecule has 4 N–H and O–H groups in total. The van der Waals surface area contributed by atoms with Gasteiger partial charge in [0.1, 0.15) is 0 Å². The van der Waals surface area contributed by atoms with Crippen molar-refractivity contribution in [2.45, 2.75) is 57.8 Å². The Hall–Kier alpha value is -0.650. The van der Waals surface area contributed by atoms with Gasteiger partial charge in [-0.25, -0.2) is 0 Å². The Morgan fingerprint density at radius 1 is 1.56 bits per heavy atom. The fourth-order valence-corrected chi connectivity index (χ4v) is 2.55. The van der Waals surface area contributed by atoms with Crippen molar-refractivity contribution in [2.24, 2.45) is 11.5 Å². The predicted octanol–water partition coefficient (Wildman–Crippen LogP) is 0.469. The van der Waals surface area contributed by atoms with Gasteiger partial charge in [-0.15, -0.1) is 0 Å². The van der Waals surface area contributed by atoms with Gasteiger partial charge in [-0.3, -0.25) is 9.69 Å². The lowest BCUT2D eigenvalue weighted by Gasteiger charge is -2.42. The zero-order valence-corrected chi connectivity index (χ0v) is 12.0. The molecule has 18 heavy (non-hydrogen) atoms. The first kappa shape index (κ1) is 15.4. The van der Waals surface area contributed by atoms with E-state index in [1.807, 2.05) is 0 Å². The Morgan fingerprint density at radius 3 is 2.67 bits per heavy atom. The second kappa shape index (κ2) is 5.55. The third-order valence-corrected chi connectivity index (χ3v) is 3.37. The number of carbonyl (C=O) groups is 1. The van der Waals surface area contributed by atoms with Gasteiger partial charge in [-0.05, 0) is 47.1 Å². The summed E-state index contributed by atoms with van der Waals surface area (Å²) in [4.78, 5) is 13.5. The number of carbonyl (C=O) groups excluding carboxylic acids is 1. The molecule has 1 fully saturated rings. The van der Waals surface area contributed by atoms with E-state index in [4.69, 9.17) is 16.2 Å². The van der Waals surface area contributed by atoms with E-state index in [1.165, 1.54) is 0 Å². The standard InChI is InChI=1S/C13H27N3O2/c1-10-8-16(9-12(2,3)18-10)7-5-6-13(4,15)11(14)17/h10H,5-9,15H2,1-4H3,(H2,14,17). The van der Waals surface area contributed by atoms with Crippen LogP contribution in [0.2, 0.25) is 0 Å². The quantitative estimate of drug-likeness (QED) is 0.750. The second-order valence-corrected chi connectivity index (χ2v) is 6.31. The van der Waals surface area contributed by atoms with Crippen molar-refractivity contribution in [1.29, 1.82) is 0 Å². The molecule has 1 aliphatic rings. The first-order chi connectivity index (χ1) is 8.12. The summed E-state index contributed by atoms with van der Waals surface area (Å²) in [6.07, 6.45) is 1.74. The average molecular weight is 257 g/mol. The Balaban J connectivity index is 2.38. The van der Waals surface area contributed by atoms with Gasteiger partial charge in [0, 0.05) is 13.1 Å². The highest BCUT2D eigenvalue weighted by Crippen LogP contribution is 2.21. The van der Waals surface area contributed by atoms with Crippen LogP contribution in [0, 0.1) is 0 Å². The SMILES string of the molecule is CC1CN(CCCC(C)(N)C(N)=O)CC(C)(C)O1. The number of hydrogen-bond acceptors (Lipinski definition) is 4. The van der Waals surface area contributed by atoms with Gasteiger partial charge in [0.15, 0.2) is 0 Å². The van der Waals surface area contributed by atoms with Gasteiger partial charge in [0.25, 0.3) is 0 Å². The molecule has 5 nitrogen and oxygen atoms in total. The van der Waals surface area contributed by atoms with E-state index in [0.29, 0.717) is 6.42 Å². The number of hydrogen-bond donors (Lipinski definition) is 2. The maximum absolute atomic E-state index is 11.1.